The first kappa shape index (κ1) is 13.7. The molecule has 1 atom stereocenters. The molecule has 3 nitrogen and oxygen atoms in total. The van der Waals surface area contributed by atoms with Crippen LogP contribution >= 0.6 is 0 Å². The van der Waals surface area contributed by atoms with E-state index in [-0.39, 0.29) is 11.2 Å². The van der Waals surface area contributed by atoms with Crippen molar-refractivity contribution in [3.8, 4) is 0 Å². The van der Waals surface area contributed by atoms with Gasteiger partial charge in [0.15, 0.2) is 0 Å². The fourth-order valence-electron chi connectivity index (χ4n) is 2.15. The summed E-state index contributed by atoms with van der Waals surface area (Å²) in [5.74, 6) is 0.254. The second-order valence-electron chi connectivity index (χ2n) is 5.63. The van der Waals surface area contributed by atoms with Crippen molar-refractivity contribution in [2.45, 2.75) is 46.1 Å². The van der Waals surface area contributed by atoms with Gasteiger partial charge in [0.1, 0.15) is 5.78 Å². The fourth-order valence-corrected chi connectivity index (χ4v) is 2.15. The molecule has 0 aromatic carbocycles. The van der Waals surface area contributed by atoms with Crippen LogP contribution in [0.3, 0.4) is 0 Å². The van der Waals surface area contributed by atoms with Crippen molar-refractivity contribution in [2.75, 3.05) is 26.7 Å². The van der Waals surface area contributed by atoms with Crippen molar-refractivity contribution in [3.63, 3.8) is 0 Å². The third-order valence-corrected chi connectivity index (χ3v) is 3.41. The highest BCUT2D eigenvalue weighted by molar-refractivity contribution is 5.81. The number of nitrogens with zero attached hydrogens (tertiary/aromatic N) is 1. The standard InChI is InChI=1S/C13H25NO2/c1-11(15)13(2,3)10-14(4)9-12-7-5-6-8-16-12/h12H,5-10H2,1-4H3. The lowest BCUT2D eigenvalue weighted by Gasteiger charge is -2.32. The minimum Gasteiger partial charge on any atom is -0.377 e. The van der Waals surface area contributed by atoms with Gasteiger partial charge in [-0.1, -0.05) is 13.8 Å². The van der Waals surface area contributed by atoms with Crippen LogP contribution in [0.15, 0.2) is 0 Å². The molecule has 3 heteroatoms. The predicted octanol–water partition coefficient (Wildman–Crippen LogP) is 2.10. The molecule has 1 rings (SSSR count). The summed E-state index contributed by atoms with van der Waals surface area (Å²) in [7, 11) is 2.07. The number of likely N-dealkylation sites (N-methyl/N-ethyl adjacent to an activating group) is 1. The molecule has 1 saturated heterocycles. The largest absolute Gasteiger partial charge is 0.377 e. The van der Waals surface area contributed by atoms with E-state index in [0.29, 0.717) is 6.10 Å². The Morgan fingerprint density at radius 1 is 1.44 bits per heavy atom. The Bertz CT molecular complexity index is 232. The Labute approximate surface area is 99.1 Å². The van der Waals surface area contributed by atoms with E-state index in [1.807, 2.05) is 13.8 Å². The summed E-state index contributed by atoms with van der Waals surface area (Å²) >= 11 is 0. The summed E-state index contributed by atoms with van der Waals surface area (Å²) in [6, 6.07) is 0. The van der Waals surface area contributed by atoms with Crippen molar-refractivity contribution in [2.24, 2.45) is 5.41 Å². The van der Waals surface area contributed by atoms with Crippen LogP contribution in [0.25, 0.3) is 0 Å². The molecule has 0 saturated carbocycles. The molecule has 0 aliphatic carbocycles. The quantitative estimate of drug-likeness (QED) is 0.720. The number of carbonyl (C=O) groups excluding carboxylic acids is 1. The fraction of sp³-hybridized carbons (Fsp3) is 0.923. The van der Waals surface area contributed by atoms with Gasteiger partial charge in [0.2, 0.25) is 0 Å². The smallest absolute Gasteiger partial charge is 0.136 e. The predicted molar refractivity (Wildman–Crippen MR) is 65.6 cm³/mol. The second kappa shape index (κ2) is 5.78. The SMILES string of the molecule is CC(=O)C(C)(C)CN(C)CC1CCCCO1. The number of ether oxygens (including phenoxy) is 1. The highest BCUT2D eigenvalue weighted by Crippen LogP contribution is 2.19. The maximum Gasteiger partial charge on any atom is 0.136 e. The summed E-state index contributed by atoms with van der Waals surface area (Å²) in [6.45, 7) is 8.33. The number of rotatable bonds is 5. The second-order valence-corrected chi connectivity index (χ2v) is 5.63. The zero-order chi connectivity index (χ0) is 12.2. The first-order valence-corrected chi connectivity index (χ1v) is 6.23. The van der Waals surface area contributed by atoms with Gasteiger partial charge in [-0.25, -0.2) is 0 Å². The number of carbonyl (C=O) groups is 1. The van der Waals surface area contributed by atoms with Crippen molar-refractivity contribution in [1.82, 2.24) is 4.90 Å². The van der Waals surface area contributed by atoms with Crippen LogP contribution < -0.4 is 0 Å². The molecular formula is C13H25NO2. The molecule has 0 N–H and O–H groups in total. The van der Waals surface area contributed by atoms with E-state index in [1.54, 1.807) is 6.92 Å². The van der Waals surface area contributed by atoms with Crippen molar-refractivity contribution in [3.05, 3.63) is 0 Å². The van der Waals surface area contributed by atoms with Gasteiger partial charge in [-0.15, -0.1) is 0 Å². The molecule has 16 heavy (non-hydrogen) atoms. The highest BCUT2D eigenvalue weighted by Gasteiger charge is 2.26. The molecule has 0 radical (unpaired) electrons. The van der Waals surface area contributed by atoms with Gasteiger partial charge in [0, 0.05) is 25.1 Å². The van der Waals surface area contributed by atoms with Gasteiger partial charge in [-0.3, -0.25) is 4.79 Å². The van der Waals surface area contributed by atoms with Gasteiger partial charge >= 0.3 is 0 Å². The van der Waals surface area contributed by atoms with Gasteiger partial charge in [0.25, 0.3) is 0 Å². The minimum absolute atomic E-state index is 0.247. The molecule has 1 unspecified atom stereocenters. The average molecular weight is 227 g/mol. The number of hydrogen-bond donors (Lipinski definition) is 0. The van der Waals surface area contributed by atoms with E-state index in [9.17, 15) is 4.79 Å². The molecule has 0 amide bonds. The van der Waals surface area contributed by atoms with Gasteiger partial charge in [0.05, 0.1) is 6.10 Å². The lowest BCUT2D eigenvalue weighted by molar-refractivity contribution is -0.126. The third-order valence-electron chi connectivity index (χ3n) is 3.41. The minimum atomic E-state index is -0.247. The molecule has 0 aromatic heterocycles. The number of Topliss-reactive ketones (excluding diaryl/α,β-unsaturated/α-hetero) is 1. The Morgan fingerprint density at radius 2 is 2.12 bits per heavy atom. The maximum absolute atomic E-state index is 11.4. The average Bonchev–Trinajstić information content (AvgIpc) is 2.17. The lowest BCUT2D eigenvalue weighted by Crippen LogP contribution is -2.41. The maximum atomic E-state index is 11.4. The number of ketones is 1. The molecule has 94 valence electrons. The van der Waals surface area contributed by atoms with Gasteiger partial charge < -0.3 is 9.64 Å². The van der Waals surface area contributed by atoms with Gasteiger partial charge in [-0.05, 0) is 33.2 Å². The Morgan fingerprint density at radius 3 is 2.62 bits per heavy atom. The highest BCUT2D eigenvalue weighted by atomic mass is 16.5. The van der Waals surface area contributed by atoms with Crippen LogP contribution in [-0.2, 0) is 9.53 Å². The molecular weight excluding hydrogens is 202 g/mol. The normalized spacial score (nSPS) is 22.4. The molecule has 0 aromatic rings. The lowest BCUT2D eigenvalue weighted by atomic mass is 9.88. The summed E-state index contributed by atoms with van der Waals surface area (Å²) in [5.41, 5.74) is -0.247. The van der Waals surface area contributed by atoms with E-state index < -0.39 is 0 Å². The Balaban J connectivity index is 2.34. The van der Waals surface area contributed by atoms with E-state index in [0.717, 1.165) is 26.1 Å². The van der Waals surface area contributed by atoms with E-state index >= 15 is 0 Å². The third kappa shape index (κ3) is 4.22. The van der Waals surface area contributed by atoms with Crippen LogP contribution in [-0.4, -0.2) is 43.5 Å². The molecule has 1 aliphatic rings. The first-order chi connectivity index (χ1) is 7.42. The molecule has 0 spiro atoms. The van der Waals surface area contributed by atoms with Gasteiger partial charge in [-0.2, -0.15) is 0 Å². The topological polar surface area (TPSA) is 29.5 Å². The molecule has 0 bridgehead atoms. The van der Waals surface area contributed by atoms with Crippen molar-refractivity contribution >= 4 is 5.78 Å². The molecule has 1 fully saturated rings. The van der Waals surface area contributed by atoms with E-state index in [4.69, 9.17) is 4.74 Å². The van der Waals surface area contributed by atoms with Crippen LogP contribution in [0.2, 0.25) is 0 Å². The van der Waals surface area contributed by atoms with E-state index in [1.165, 1.54) is 12.8 Å². The molecule has 1 aliphatic heterocycles. The molecule has 1 heterocycles. The Hall–Kier alpha value is -0.410. The summed E-state index contributed by atoms with van der Waals surface area (Å²) in [4.78, 5) is 13.7. The van der Waals surface area contributed by atoms with Crippen LogP contribution in [0.4, 0.5) is 0 Å². The summed E-state index contributed by atoms with van der Waals surface area (Å²) < 4.78 is 5.70. The summed E-state index contributed by atoms with van der Waals surface area (Å²) in [6.07, 6.45) is 3.99. The van der Waals surface area contributed by atoms with Crippen molar-refractivity contribution in [1.29, 1.82) is 0 Å². The van der Waals surface area contributed by atoms with Crippen LogP contribution in [0, 0.1) is 5.41 Å². The zero-order valence-corrected chi connectivity index (χ0v) is 11.1. The van der Waals surface area contributed by atoms with Crippen LogP contribution in [0.5, 0.6) is 0 Å². The van der Waals surface area contributed by atoms with Crippen molar-refractivity contribution < 1.29 is 9.53 Å². The Kier molecular flexibility index (Phi) is 4.93. The first-order valence-electron chi connectivity index (χ1n) is 6.23. The summed E-state index contributed by atoms with van der Waals surface area (Å²) in [5, 5.41) is 0. The van der Waals surface area contributed by atoms with E-state index in [2.05, 4.69) is 11.9 Å². The zero-order valence-electron chi connectivity index (χ0n) is 11.1. The van der Waals surface area contributed by atoms with Crippen LogP contribution in [0.1, 0.15) is 40.0 Å². The monoisotopic (exact) mass is 227 g/mol. The number of hydrogen-bond acceptors (Lipinski definition) is 3.